The molecule has 0 N–H and O–H groups in total. The molecule has 0 saturated heterocycles. The van der Waals surface area contributed by atoms with E-state index in [9.17, 15) is 4.79 Å². The number of rotatable bonds is 6. The zero-order chi connectivity index (χ0) is 14.5. The largest absolute Gasteiger partial charge is 0.493 e. The molecule has 2 aromatic carbocycles. The lowest BCUT2D eigenvalue weighted by molar-refractivity contribution is 0.0979. The highest BCUT2D eigenvalue weighted by Gasteiger charge is 2.11. The molecule has 2 nitrogen and oxygen atoms in total. The van der Waals surface area contributed by atoms with Crippen molar-refractivity contribution < 1.29 is 9.53 Å². The van der Waals surface area contributed by atoms with Gasteiger partial charge in [0.05, 0.1) is 6.61 Å². The summed E-state index contributed by atoms with van der Waals surface area (Å²) in [7, 11) is 0. The van der Waals surface area contributed by atoms with Crippen LogP contribution in [0.25, 0.3) is 0 Å². The topological polar surface area (TPSA) is 26.3 Å². The lowest BCUT2D eigenvalue weighted by atomic mass is 10.0. The molecule has 2 aromatic rings. The Labute approximate surface area is 125 Å². The quantitative estimate of drug-likeness (QED) is 0.585. The fourth-order valence-electron chi connectivity index (χ4n) is 2.78. The maximum absolute atomic E-state index is 12.0. The van der Waals surface area contributed by atoms with Crippen molar-refractivity contribution in [2.24, 2.45) is 0 Å². The van der Waals surface area contributed by atoms with Gasteiger partial charge in [-0.05, 0) is 36.5 Å². The maximum atomic E-state index is 12.0. The van der Waals surface area contributed by atoms with Gasteiger partial charge in [-0.15, -0.1) is 0 Å². The first-order chi connectivity index (χ1) is 10.3. The number of ketones is 1. The number of aryl methyl sites for hydroxylation is 1. The normalized spacial score (nSPS) is 12.8. The molecule has 21 heavy (non-hydrogen) atoms. The Hall–Kier alpha value is -2.09. The maximum Gasteiger partial charge on any atom is 0.162 e. The molecule has 0 spiro atoms. The Morgan fingerprint density at radius 3 is 2.76 bits per heavy atom. The Bertz CT molecular complexity index is 617. The number of carbonyl (C=O) groups is 1. The van der Waals surface area contributed by atoms with E-state index >= 15 is 0 Å². The van der Waals surface area contributed by atoms with Crippen LogP contribution in [0.1, 0.15) is 40.7 Å². The molecule has 0 fully saturated rings. The number of benzene rings is 2. The van der Waals surface area contributed by atoms with Gasteiger partial charge in [0.25, 0.3) is 0 Å². The summed E-state index contributed by atoms with van der Waals surface area (Å²) in [5, 5.41) is 0. The second-order valence-electron chi connectivity index (χ2n) is 5.54. The molecular weight excluding hydrogens is 260 g/mol. The van der Waals surface area contributed by atoms with Crippen LogP contribution >= 0.6 is 0 Å². The van der Waals surface area contributed by atoms with Crippen LogP contribution in [0.5, 0.6) is 5.75 Å². The molecule has 0 amide bonds. The molecule has 0 atom stereocenters. The van der Waals surface area contributed by atoms with Crippen molar-refractivity contribution in [3.63, 3.8) is 0 Å². The minimum atomic E-state index is 0.248. The number of ether oxygens (including phenoxy) is 1. The van der Waals surface area contributed by atoms with Gasteiger partial charge in [0.15, 0.2) is 5.78 Å². The molecule has 0 unspecified atom stereocenters. The minimum Gasteiger partial charge on any atom is -0.493 e. The van der Waals surface area contributed by atoms with Gasteiger partial charge in [0.1, 0.15) is 5.75 Å². The van der Waals surface area contributed by atoms with Crippen molar-refractivity contribution in [3.8, 4) is 5.75 Å². The number of carbonyl (C=O) groups excluding carboxylic acids is 1. The van der Waals surface area contributed by atoms with Crippen LogP contribution < -0.4 is 4.74 Å². The summed E-state index contributed by atoms with van der Waals surface area (Å²) in [6.45, 7) is 0.810. The number of Topliss-reactive ketones (excluding diaryl/α,β-unsaturated/α-hetero) is 1. The van der Waals surface area contributed by atoms with E-state index in [0.29, 0.717) is 6.42 Å². The van der Waals surface area contributed by atoms with Crippen molar-refractivity contribution >= 4 is 5.78 Å². The van der Waals surface area contributed by atoms with Crippen LogP contribution in [-0.2, 0) is 12.8 Å². The van der Waals surface area contributed by atoms with Crippen LogP contribution in [0.3, 0.4) is 0 Å². The smallest absolute Gasteiger partial charge is 0.162 e. The zero-order valence-corrected chi connectivity index (χ0v) is 12.2. The standard InChI is InChI=1S/C19H20O2/c20-18(16-7-2-1-3-8-16)9-5-4-6-15-10-11-19-17(14-15)12-13-21-19/h1-3,7-8,10-11,14H,4-6,9,12-13H2. The summed E-state index contributed by atoms with van der Waals surface area (Å²) in [6, 6.07) is 16.0. The number of fused-ring (bicyclic) bond motifs is 1. The van der Waals surface area contributed by atoms with Crippen molar-refractivity contribution in [2.45, 2.75) is 32.1 Å². The zero-order valence-electron chi connectivity index (χ0n) is 12.2. The predicted molar refractivity (Wildman–Crippen MR) is 84.0 cm³/mol. The fourth-order valence-corrected chi connectivity index (χ4v) is 2.78. The Kier molecular flexibility index (Phi) is 4.34. The summed E-state index contributed by atoms with van der Waals surface area (Å²) in [6.07, 6.45) is 4.70. The first kappa shape index (κ1) is 13.9. The second-order valence-corrected chi connectivity index (χ2v) is 5.54. The van der Waals surface area contributed by atoms with E-state index in [4.69, 9.17) is 4.74 Å². The average molecular weight is 280 g/mol. The van der Waals surface area contributed by atoms with Gasteiger partial charge in [-0.25, -0.2) is 0 Å². The molecule has 0 radical (unpaired) electrons. The van der Waals surface area contributed by atoms with E-state index in [1.807, 2.05) is 30.3 Å². The molecule has 1 aliphatic heterocycles. The van der Waals surface area contributed by atoms with Crippen LogP contribution in [0.2, 0.25) is 0 Å². The van der Waals surface area contributed by atoms with Gasteiger partial charge in [-0.2, -0.15) is 0 Å². The monoisotopic (exact) mass is 280 g/mol. The highest BCUT2D eigenvalue weighted by molar-refractivity contribution is 5.95. The Morgan fingerprint density at radius 1 is 1.05 bits per heavy atom. The van der Waals surface area contributed by atoms with E-state index in [2.05, 4.69) is 18.2 Å². The predicted octanol–water partition coefficient (Wildman–Crippen LogP) is 4.22. The number of hydrogen-bond donors (Lipinski definition) is 0. The summed E-state index contributed by atoms with van der Waals surface area (Å²) in [5.74, 6) is 1.29. The van der Waals surface area contributed by atoms with E-state index in [1.165, 1.54) is 11.1 Å². The molecule has 108 valence electrons. The first-order valence-electron chi connectivity index (χ1n) is 7.66. The third kappa shape index (κ3) is 3.52. The summed E-state index contributed by atoms with van der Waals surface area (Å²) in [5.41, 5.74) is 3.51. The molecule has 0 aromatic heterocycles. The molecule has 3 rings (SSSR count). The molecule has 2 heteroatoms. The van der Waals surface area contributed by atoms with Crippen LogP contribution in [0, 0.1) is 0 Å². The van der Waals surface area contributed by atoms with Crippen LogP contribution in [-0.4, -0.2) is 12.4 Å². The van der Waals surface area contributed by atoms with Gasteiger partial charge < -0.3 is 4.74 Å². The van der Waals surface area contributed by atoms with E-state index in [0.717, 1.165) is 43.6 Å². The van der Waals surface area contributed by atoms with Gasteiger partial charge in [0.2, 0.25) is 0 Å². The third-order valence-corrected chi connectivity index (χ3v) is 3.97. The minimum absolute atomic E-state index is 0.248. The molecule has 1 aliphatic rings. The summed E-state index contributed by atoms with van der Waals surface area (Å²) < 4.78 is 5.51. The molecular formula is C19H20O2. The van der Waals surface area contributed by atoms with Crippen LogP contribution in [0.15, 0.2) is 48.5 Å². The molecule has 0 saturated carbocycles. The molecule has 0 bridgehead atoms. The lowest BCUT2D eigenvalue weighted by Gasteiger charge is -2.04. The van der Waals surface area contributed by atoms with Crippen molar-refractivity contribution in [1.29, 1.82) is 0 Å². The van der Waals surface area contributed by atoms with Crippen molar-refractivity contribution in [3.05, 3.63) is 65.2 Å². The van der Waals surface area contributed by atoms with E-state index in [-0.39, 0.29) is 5.78 Å². The van der Waals surface area contributed by atoms with Gasteiger partial charge in [-0.3, -0.25) is 4.79 Å². The van der Waals surface area contributed by atoms with E-state index in [1.54, 1.807) is 0 Å². The average Bonchev–Trinajstić information content (AvgIpc) is 3.00. The van der Waals surface area contributed by atoms with Gasteiger partial charge >= 0.3 is 0 Å². The SMILES string of the molecule is O=C(CCCCc1ccc2c(c1)CCO2)c1ccccc1. The van der Waals surface area contributed by atoms with Gasteiger partial charge in [0, 0.05) is 18.4 Å². The second kappa shape index (κ2) is 6.57. The highest BCUT2D eigenvalue weighted by atomic mass is 16.5. The fraction of sp³-hybridized carbons (Fsp3) is 0.316. The first-order valence-corrected chi connectivity index (χ1v) is 7.66. The van der Waals surface area contributed by atoms with Crippen molar-refractivity contribution in [2.75, 3.05) is 6.61 Å². The van der Waals surface area contributed by atoms with Gasteiger partial charge in [-0.1, -0.05) is 42.5 Å². The number of unbranched alkanes of at least 4 members (excludes halogenated alkanes) is 1. The third-order valence-electron chi connectivity index (χ3n) is 3.97. The Morgan fingerprint density at radius 2 is 1.90 bits per heavy atom. The Balaban J connectivity index is 1.45. The summed E-state index contributed by atoms with van der Waals surface area (Å²) >= 11 is 0. The summed E-state index contributed by atoms with van der Waals surface area (Å²) in [4.78, 5) is 12.0. The molecule has 1 heterocycles. The van der Waals surface area contributed by atoms with E-state index < -0.39 is 0 Å². The molecule has 0 aliphatic carbocycles. The lowest BCUT2D eigenvalue weighted by Crippen LogP contribution is -1.99. The number of hydrogen-bond acceptors (Lipinski definition) is 2. The van der Waals surface area contributed by atoms with Crippen LogP contribution in [0.4, 0.5) is 0 Å². The highest BCUT2D eigenvalue weighted by Crippen LogP contribution is 2.26. The van der Waals surface area contributed by atoms with Crippen molar-refractivity contribution in [1.82, 2.24) is 0 Å².